The van der Waals surface area contributed by atoms with Gasteiger partial charge in [0.2, 0.25) is 0 Å². The first kappa shape index (κ1) is 24.1. The highest BCUT2D eigenvalue weighted by Crippen LogP contribution is 2.36. The third kappa shape index (κ3) is 4.29. The molecule has 10 heteroatoms. The van der Waals surface area contributed by atoms with Crippen molar-refractivity contribution in [2.45, 2.75) is 55.6 Å². The van der Waals surface area contributed by atoms with Crippen LogP contribution in [0.15, 0.2) is 71.9 Å². The summed E-state index contributed by atoms with van der Waals surface area (Å²) in [6, 6.07) is 16.3. The van der Waals surface area contributed by atoms with Crippen molar-refractivity contribution < 1.29 is 17.4 Å². The average Bonchev–Trinajstić information content (AvgIpc) is 3.49. The van der Waals surface area contributed by atoms with Gasteiger partial charge in [-0.3, -0.25) is 0 Å². The Balaban J connectivity index is 1.76. The fourth-order valence-electron chi connectivity index (χ4n) is 4.39. The summed E-state index contributed by atoms with van der Waals surface area (Å²) in [4.78, 5) is 4.68. The van der Waals surface area contributed by atoms with Gasteiger partial charge in [0.25, 0.3) is 10.0 Å². The Labute approximate surface area is 207 Å². The molecule has 0 saturated heterocycles. The number of alkyl halides is 1. The van der Waals surface area contributed by atoms with Crippen LogP contribution in [0.4, 0.5) is 4.39 Å². The fraction of sp³-hybridized carbons (Fsp3) is 0.320. The number of imidazole rings is 1. The van der Waals surface area contributed by atoms with Gasteiger partial charge in [0, 0.05) is 28.9 Å². The van der Waals surface area contributed by atoms with Crippen molar-refractivity contribution in [3.63, 3.8) is 0 Å². The summed E-state index contributed by atoms with van der Waals surface area (Å²) in [6.45, 7) is 5.69. The Morgan fingerprint density at radius 1 is 1.14 bits per heavy atom. The van der Waals surface area contributed by atoms with Gasteiger partial charge in [-0.1, -0.05) is 36.4 Å². The fourth-order valence-corrected chi connectivity index (χ4v) is 6.76. The minimum atomic E-state index is -4.02. The van der Waals surface area contributed by atoms with Crippen molar-refractivity contribution in [1.82, 2.24) is 18.2 Å². The predicted molar refractivity (Wildman–Crippen MR) is 135 cm³/mol. The SMILES string of the molecule is CC(C)(C)[S+]([O-])N[C@H](c1ncn2c1C[C@@H](F)C2)c1cc2ccccc2n1S(=O)(=O)c1ccccc1. The Morgan fingerprint density at radius 3 is 2.54 bits per heavy atom. The van der Waals surface area contributed by atoms with Crippen LogP contribution in [-0.4, -0.2) is 37.4 Å². The molecule has 184 valence electrons. The van der Waals surface area contributed by atoms with E-state index >= 15 is 0 Å². The van der Waals surface area contributed by atoms with E-state index in [-0.39, 0.29) is 17.9 Å². The highest BCUT2D eigenvalue weighted by atomic mass is 32.2. The molecule has 7 nitrogen and oxygen atoms in total. The summed E-state index contributed by atoms with van der Waals surface area (Å²) < 4.78 is 61.0. The minimum Gasteiger partial charge on any atom is -0.598 e. The van der Waals surface area contributed by atoms with Gasteiger partial charge < -0.3 is 9.12 Å². The van der Waals surface area contributed by atoms with E-state index < -0.39 is 38.3 Å². The minimum absolute atomic E-state index is 0.136. The largest absolute Gasteiger partial charge is 0.598 e. The van der Waals surface area contributed by atoms with Crippen molar-refractivity contribution in [2.75, 3.05) is 0 Å². The molecule has 4 aromatic rings. The molecule has 0 saturated carbocycles. The molecule has 3 atom stereocenters. The van der Waals surface area contributed by atoms with E-state index in [2.05, 4.69) is 9.71 Å². The first-order valence-electron chi connectivity index (χ1n) is 11.3. The standard InChI is InChI=1S/C25H27FN4O3S2/c1-25(2,3)34(31)28-24(23-21-14-18(26)15-29(21)16-27-23)22-13-17-9-7-8-12-20(17)30(22)35(32,33)19-10-5-4-6-11-19/h4-13,16,18,24,28H,14-15H2,1-3H3/t18-,24+,34?/m1/s1. The quantitative estimate of drug-likeness (QED) is 0.391. The number of hydrogen-bond donors (Lipinski definition) is 1. The number of hydrogen-bond acceptors (Lipinski definition) is 5. The maximum absolute atomic E-state index is 14.3. The van der Waals surface area contributed by atoms with E-state index in [4.69, 9.17) is 0 Å². The maximum Gasteiger partial charge on any atom is 0.268 e. The molecule has 1 N–H and O–H groups in total. The smallest absolute Gasteiger partial charge is 0.268 e. The van der Waals surface area contributed by atoms with Crippen LogP contribution < -0.4 is 4.72 Å². The summed E-state index contributed by atoms with van der Waals surface area (Å²) >= 11 is -1.56. The normalized spacial score (nSPS) is 18.0. The molecule has 2 aromatic heterocycles. The third-order valence-electron chi connectivity index (χ3n) is 6.11. The molecule has 1 unspecified atom stereocenters. The molecule has 0 fully saturated rings. The van der Waals surface area contributed by atoms with Gasteiger partial charge in [-0.05, 0) is 45.0 Å². The van der Waals surface area contributed by atoms with Crippen molar-refractivity contribution in [1.29, 1.82) is 0 Å². The number of fused-ring (bicyclic) bond motifs is 2. The summed E-state index contributed by atoms with van der Waals surface area (Å²) in [7, 11) is -4.02. The van der Waals surface area contributed by atoms with Crippen LogP contribution in [-0.2, 0) is 34.4 Å². The van der Waals surface area contributed by atoms with Crippen LogP contribution >= 0.6 is 0 Å². The summed E-state index contributed by atoms with van der Waals surface area (Å²) in [5.74, 6) is 0. The number of nitrogens with zero attached hydrogens (tertiary/aromatic N) is 3. The van der Waals surface area contributed by atoms with E-state index in [9.17, 15) is 17.4 Å². The van der Waals surface area contributed by atoms with Gasteiger partial charge in [-0.2, -0.15) is 0 Å². The van der Waals surface area contributed by atoms with Crippen LogP contribution in [0.3, 0.4) is 0 Å². The number of nitrogens with one attached hydrogen (secondary N) is 1. The number of rotatable bonds is 6. The van der Waals surface area contributed by atoms with Crippen molar-refractivity contribution in [3.8, 4) is 0 Å². The molecule has 5 rings (SSSR count). The Hall–Kier alpha value is -2.66. The summed E-state index contributed by atoms with van der Waals surface area (Å²) in [6.07, 6.45) is 0.693. The third-order valence-corrected chi connectivity index (χ3v) is 9.43. The molecule has 1 aliphatic rings. The zero-order chi connectivity index (χ0) is 25.0. The lowest BCUT2D eigenvalue weighted by Crippen LogP contribution is -2.42. The summed E-state index contributed by atoms with van der Waals surface area (Å²) in [5.41, 5.74) is 2.03. The highest BCUT2D eigenvalue weighted by Gasteiger charge is 2.38. The molecule has 3 heterocycles. The first-order valence-corrected chi connectivity index (χ1v) is 13.9. The maximum atomic E-state index is 14.3. The van der Waals surface area contributed by atoms with E-state index in [1.54, 1.807) is 59.4 Å². The molecule has 0 amide bonds. The summed E-state index contributed by atoms with van der Waals surface area (Å²) in [5, 5.41) is 0.717. The molecule has 2 aromatic carbocycles. The van der Waals surface area contributed by atoms with Crippen LogP contribution in [0, 0.1) is 0 Å². The average molecular weight is 515 g/mol. The lowest BCUT2D eigenvalue weighted by atomic mass is 10.1. The highest BCUT2D eigenvalue weighted by molar-refractivity contribution is 7.91. The van der Waals surface area contributed by atoms with Gasteiger partial charge in [-0.25, -0.2) is 21.8 Å². The van der Waals surface area contributed by atoms with E-state index in [1.807, 2.05) is 32.9 Å². The molecule has 35 heavy (non-hydrogen) atoms. The zero-order valence-electron chi connectivity index (χ0n) is 19.7. The molecule has 0 spiro atoms. The second kappa shape index (κ2) is 8.77. The number of benzene rings is 2. The number of halogens is 1. The monoisotopic (exact) mass is 514 g/mol. The predicted octanol–water partition coefficient (Wildman–Crippen LogP) is 4.11. The zero-order valence-corrected chi connectivity index (χ0v) is 21.3. The molecular formula is C25H27FN4O3S2. The Bertz CT molecular complexity index is 1480. The van der Waals surface area contributed by atoms with Gasteiger partial charge in [0.15, 0.2) is 0 Å². The van der Waals surface area contributed by atoms with Gasteiger partial charge in [0.05, 0.1) is 34.7 Å². The van der Waals surface area contributed by atoms with Gasteiger partial charge >= 0.3 is 0 Å². The van der Waals surface area contributed by atoms with Crippen LogP contribution in [0.25, 0.3) is 10.9 Å². The second-order valence-electron chi connectivity index (χ2n) is 9.67. The van der Waals surface area contributed by atoms with Crippen molar-refractivity contribution >= 4 is 32.3 Å². The van der Waals surface area contributed by atoms with Crippen molar-refractivity contribution in [2.24, 2.45) is 0 Å². The Kier molecular flexibility index (Phi) is 6.03. The second-order valence-corrected chi connectivity index (χ2v) is 13.5. The number of para-hydroxylation sites is 1. The van der Waals surface area contributed by atoms with Crippen LogP contribution in [0.1, 0.15) is 43.9 Å². The van der Waals surface area contributed by atoms with E-state index in [0.29, 0.717) is 22.6 Å². The lowest BCUT2D eigenvalue weighted by Gasteiger charge is -2.28. The van der Waals surface area contributed by atoms with E-state index in [0.717, 1.165) is 5.39 Å². The van der Waals surface area contributed by atoms with Crippen LogP contribution in [0.2, 0.25) is 0 Å². The van der Waals surface area contributed by atoms with Gasteiger partial charge in [0.1, 0.15) is 17.0 Å². The van der Waals surface area contributed by atoms with Crippen LogP contribution in [0.5, 0.6) is 0 Å². The van der Waals surface area contributed by atoms with Gasteiger partial charge in [-0.15, -0.1) is 4.72 Å². The van der Waals surface area contributed by atoms with E-state index in [1.165, 1.54) is 3.97 Å². The number of aromatic nitrogens is 3. The molecule has 0 aliphatic carbocycles. The molecule has 0 radical (unpaired) electrons. The lowest BCUT2D eigenvalue weighted by molar-refractivity contribution is 0.328. The molecule has 1 aliphatic heterocycles. The van der Waals surface area contributed by atoms with Crippen molar-refractivity contribution in [3.05, 3.63) is 84.1 Å². The Morgan fingerprint density at radius 2 is 1.83 bits per heavy atom. The first-order chi connectivity index (χ1) is 16.6. The molecule has 0 bridgehead atoms. The topological polar surface area (TPSA) is 92.0 Å². The molecular weight excluding hydrogens is 487 g/mol.